The Balaban J connectivity index is 1.78. The number of hydrogen-bond donors (Lipinski definition) is 2. The van der Waals surface area contributed by atoms with Crippen LogP contribution in [0.1, 0.15) is 40.0 Å². The molecular weight excluding hydrogens is 296 g/mol. The quantitative estimate of drug-likeness (QED) is 0.813. The molecule has 0 radical (unpaired) electrons. The molecule has 1 aromatic rings. The lowest BCUT2D eigenvalue weighted by atomic mass is 10.2. The van der Waals surface area contributed by atoms with Crippen LogP contribution in [0.3, 0.4) is 0 Å². The first kappa shape index (κ1) is 17.0. The van der Waals surface area contributed by atoms with E-state index in [1.54, 1.807) is 11.8 Å². The second-order valence-electron chi connectivity index (χ2n) is 6.73. The molecule has 22 heavy (non-hydrogen) atoms. The van der Waals surface area contributed by atoms with Gasteiger partial charge in [0.2, 0.25) is 0 Å². The summed E-state index contributed by atoms with van der Waals surface area (Å²) in [7, 11) is 0. The summed E-state index contributed by atoms with van der Waals surface area (Å²) in [5.74, 6) is 0. The summed E-state index contributed by atoms with van der Waals surface area (Å²) in [6, 6.07) is 9.07. The molecule has 2 unspecified atom stereocenters. The van der Waals surface area contributed by atoms with Gasteiger partial charge in [0, 0.05) is 22.7 Å². The molecule has 1 saturated carbocycles. The number of alkyl carbamates (subject to hydrolysis) is 1. The molecule has 0 heterocycles. The SMILES string of the molecule is CSc1ccc(NC2CCC(NC(=O)OC(C)(C)C)C2)cc1. The van der Waals surface area contributed by atoms with Gasteiger partial charge in [-0.3, -0.25) is 0 Å². The molecule has 4 nitrogen and oxygen atoms in total. The number of anilines is 1. The first-order valence-electron chi connectivity index (χ1n) is 7.76. The smallest absolute Gasteiger partial charge is 0.407 e. The predicted octanol–water partition coefficient (Wildman–Crippen LogP) is 4.27. The molecule has 1 aliphatic carbocycles. The van der Waals surface area contributed by atoms with Gasteiger partial charge in [-0.1, -0.05) is 0 Å². The molecule has 0 spiro atoms. The van der Waals surface area contributed by atoms with E-state index in [1.807, 2.05) is 20.8 Å². The van der Waals surface area contributed by atoms with Gasteiger partial charge in [-0.25, -0.2) is 4.79 Å². The Kier molecular flexibility index (Phi) is 5.62. The van der Waals surface area contributed by atoms with Crippen molar-refractivity contribution in [1.29, 1.82) is 0 Å². The highest BCUT2D eigenvalue weighted by Gasteiger charge is 2.27. The predicted molar refractivity (Wildman–Crippen MR) is 92.6 cm³/mol. The maximum Gasteiger partial charge on any atom is 0.407 e. The minimum atomic E-state index is -0.445. The first-order chi connectivity index (χ1) is 10.4. The number of thioether (sulfide) groups is 1. The van der Waals surface area contributed by atoms with Crippen molar-refractivity contribution in [2.45, 2.75) is 62.6 Å². The molecule has 0 saturated heterocycles. The van der Waals surface area contributed by atoms with Gasteiger partial charge in [-0.2, -0.15) is 0 Å². The molecule has 122 valence electrons. The van der Waals surface area contributed by atoms with Crippen molar-refractivity contribution in [2.24, 2.45) is 0 Å². The van der Waals surface area contributed by atoms with Crippen LogP contribution in [0.15, 0.2) is 29.2 Å². The lowest BCUT2D eigenvalue weighted by molar-refractivity contribution is 0.0505. The summed E-state index contributed by atoms with van der Waals surface area (Å²) in [6.07, 6.45) is 4.74. The maximum atomic E-state index is 11.8. The topological polar surface area (TPSA) is 50.4 Å². The van der Waals surface area contributed by atoms with Gasteiger partial charge in [-0.15, -0.1) is 11.8 Å². The average molecular weight is 322 g/mol. The van der Waals surface area contributed by atoms with E-state index in [1.165, 1.54) is 4.90 Å². The molecule has 2 atom stereocenters. The minimum Gasteiger partial charge on any atom is -0.444 e. The Morgan fingerprint density at radius 2 is 1.82 bits per heavy atom. The third-order valence-corrected chi connectivity index (χ3v) is 4.36. The molecule has 1 aliphatic rings. The van der Waals surface area contributed by atoms with Crippen LogP contribution in [0.2, 0.25) is 0 Å². The molecule has 1 fully saturated rings. The number of benzene rings is 1. The zero-order chi connectivity index (χ0) is 16.2. The highest BCUT2D eigenvalue weighted by molar-refractivity contribution is 7.98. The molecule has 1 aromatic carbocycles. The number of carbonyl (C=O) groups is 1. The van der Waals surface area contributed by atoms with Crippen molar-refractivity contribution < 1.29 is 9.53 Å². The number of ether oxygens (including phenoxy) is 1. The van der Waals surface area contributed by atoms with Crippen LogP contribution in [0, 0.1) is 0 Å². The highest BCUT2D eigenvalue weighted by Crippen LogP contribution is 2.25. The van der Waals surface area contributed by atoms with Crippen molar-refractivity contribution in [3.8, 4) is 0 Å². The fraction of sp³-hybridized carbons (Fsp3) is 0.588. The van der Waals surface area contributed by atoms with Crippen LogP contribution in [0.25, 0.3) is 0 Å². The lowest BCUT2D eigenvalue weighted by Crippen LogP contribution is -2.38. The van der Waals surface area contributed by atoms with Crippen LogP contribution < -0.4 is 10.6 Å². The Labute approximate surface area is 137 Å². The summed E-state index contributed by atoms with van der Waals surface area (Å²) in [5, 5.41) is 6.51. The van der Waals surface area contributed by atoms with E-state index in [0.29, 0.717) is 6.04 Å². The second-order valence-corrected chi connectivity index (χ2v) is 7.61. The minimum absolute atomic E-state index is 0.192. The molecule has 0 aromatic heterocycles. The standard InChI is InChI=1S/C17H26N2O2S/c1-17(2,3)21-16(20)19-14-6-5-13(11-14)18-12-7-9-15(22-4)10-8-12/h7-10,13-14,18H,5-6,11H2,1-4H3,(H,19,20). The number of carbonyl (C=O) groups excluding carboxylic acids is 1. The fourth-order valence-electron chi connectivity index (χ4n) is 2.64. The normalized spacial score (nSPS) is 21.5. The van der Waals surface area contributed by atoms with Gasteiger partial charge >= 0.3 is 6.09 Å². The summed E-state index contributed by atoms with van der Waals surface area (Å²) < 4.78 is 5.31. The van der Waals surface area contributed by atoms with Gasteiger partial charge in [0.25, 0.3) is 0 Å². The van der Waals surface area contributed by atoms with E-state index in [4.69, 9.17) is 4.74 Å². The van der Waals surface area contributed by atoms with Gasteiger partial charge < -0.3 is 15.4 Å². The molecular formula is C17H26N2O2S. The van der Waals surface area contributed by atoms with Gasteiger partial charge in [0.05, 0.1) is 0 Å². The van der Waals surface area contributed by atoms with Crippen molar-refractivity contribution in [3.05, 3.63) is 24.3 Å². The number of rotatable bonds is 4. The fourth-order valence-corrected chi connectivity index (χ4v) is 3.05. The highest BCUT2D eigenvalue weighted by atomic mass is 32.2. The van der Waals surface area contributed by atoms with Crippen LogP contribution in [-0.4, -0.2) is 30.0 Å². The Hall–Kier alpha value is -1.36. The van der Waals surface area contributed by atoms with Gasteiger partial charge in [-0.05, 0) is 70.6 Å². The summed E-state index contributed by atoms with van der Waals surface area (Å²) in [6.45, 7) is 5.64. The number of amides is 1. The van der Waals surface area contributed by atoms with Crippen molar-refractivity contribution in [3.63, 3.8) is 0 Å². The van der Waals surface area contributed by atoms with E-state index in [0.717, 1.165) is 24.9 Å². The largest absolute Gasteiger partial charge is 0.444 e. The number of nitrogens with one attached hydrogen (secondary N) is 2. The van der Waals surface area contributed by atoms with Crippen LogP contribution in [0.5, 0.6) is 0 Å². The Morgan fingerprint density at radius 3 is 2.41 bits per heavy atom. The molecule has 0 aliphatic heterocycles. The average Bonchev–Trinajstić information content (AvgIpc) is 2.84. The van der Waals surface area contributed by atoms with E-state index < -0.39 is 5.60 Å². The van der Waals surface area contributed by atoms with Crippen LogP contribution in [-0.2, 0) is 4.74 Å². The van der Waals surface area contributed by atoms with Crippen LogP contribution in [0.4, 0.5) is 10.5 Å². The van der Waals surface area contributed by atoms with E-state index in [-0.39, 0.29) is 12.1 Å². The van der Waals surface area contributed by atoms with Crippen molar-refractivity contribution in [2.75, 3.05) is 11.6 Å². The molecule has 2 N–H and O–H groups in total. The molecule has 0 bridgehead atoms. The lowest BCUT2D eigenvalue weighted by Gasteiger charge is -2.22. The third-order valence-electron chi connectivity index (χ3n) is 3.61. The van der Waals surface area contributed by atoms with E-state index >= 15 is 0 Å². The summed E-state index contributed by atoms with van der Waals surface area (Å²) in [4.78, 5) is 13.1. The molecule has 1 amide bonds. The third kappa shape index (κ3) is 5.44. The Morgan fingerprint density at radius 1 is 1.18 bits per heavy atom. The molecule has 5 heteroatoms. The number of hydrogen-bond acceptors (Lipinski definition) is 4. The Bertz CT molecular complexity index is 496. The first-order valence-corrected chi connectivity index (χ1v) is 8.98. The zero-order valence-electron chi connectivity index (χ0n) is 13.8. The van der Waals surface area contributed by atoms with Gasteiger partial charge in [0.15, 0.2) is 0 Å². The second kappa shape index (κ2) is 7.27. The van der Waals surface area contributed by atoms with E-state index in [9.17, 15) is 4.79 Å². The van der Waals surface area contributed by atoms with Crippen LogP contribution >= 0.6 is 11.8 Å². The maximum absolute atomic E-state index is 11.8. The monoisotopic (exact) mass is 322 g/mol. The zero-order valence-corrected chi connectivity index (χ0v) is 14.6. The summed E-state index contributed by atoms with van der Waals surface area (Å²) >= 11 is 1.74. The van der Waals surface area contributed by atoms with E-state index in [2.05, 4.69) is 41.2 Å². The summed E-state index contributed by atoms with van der Waals surface area (Å²) in [5.41, 5.74) is 0.694. The molecule has 2 rings (SSSR count). The van der Waals surface area contributed by atoms with Crippen molar-refractivity contribution in [1.82, 2.24) is 5.32 Å². The van der Waals surface area contributed by atoms with Gasteiger partial charge in [0.1, 0.15) is 5.60 Å². The van der Waals surface area contributed by atoms with Crippen molar-refractivity contribution >= 4 is 23.5 Å².